The van der Waals surface area contributed by atoms with E-state index in [0.29, 0.717) is 17.2 Å². The lowest BCUT2D eigenvalue weighted by molar-refractivity contribution is 0.0322. The summed E-state index contributed by atoms with van der Waals surface area (Å²) in [5.74, 6) is 0.808. The second-order valence-electron chi connectivity index (χ2n) is 5.00. The molecule has 1 unspecified atom stereocenters. The zero-order valence-electron chi connectivity index (χ0n) is 11.9. The van der Waals surface area contributed by atoms with Crippen molar-refractivity contribution in [3.8, 4) is 0 Å². The first-order valence-corrected chi connectivity index (χ1v) is 6.54. The van der Waals surface area contributed by atoms with Crippen molar-refractivity contribution < 1.29 is 14.3 Å². The minimum Gasteiger partial charge on any atom is -0.463 e. The van der Waals surface area contributed by atoms with E-state index < -0.39 is 5.60 Å². The van der Waals surface area contributed by atoms with Crippen LogP contribution in [0.5, 0.6) is 0 Å². The molecule has 108 valence electrons. The number of carbonyl (C=O) groups is 1. The Balaban J connectivity index is 1.98. The number of hydrogen-bond donors (Lipinski definition) is 3. The highest BCUT2D eigenvalue weighted by Gasteiger charge is 2.27. The van der Waals surface area contributed by atoms with Gasteiger partial charge < -0.3 is 14.8 Å². The van der Waals surface area contributed by atoms with Gasteiger partial charge in [-0.15, -0.1) is 0 Å². The molecule has 0 aromatic carbocycles. The topological polar surface area (TPSA) is 91.2 Å². The summed E-state index contributed by atoms with van der Waals surface area (Å²) in [5.41, 5.74) is -0.0507. The van der Waals surface area contributed by atoms with Crippen LogP contribution in [0.4, 0.5) is 0 Å². The lowest BCUT2D eigenvalue weighted by atomic mass is 10.0. The molecule has 1 atom stereocenters. The third-order valence-electron chi connectivity index (χ3n) is 3.11. The highest BCUT2D eigenvalue weighted by molar-refractivity contribution is 5.92. The Morgan fingerprint density at radius 1 is 1.55 bits per heavy atom. The van der Waals surface area contributed by atoms with Crippen LogP contribution < -0.4 is 5.32 Å². The number of amides is 1. The van der Waals surface area contributed by atoms with Gasteiger partial charge in [-0.25, -0.2) is 0 Å². The monoisotopic (exact) mass is 277 g/mol. The van der Waals surface area contributed by atoms with Gasteiger partial charge in [0.2, 0.25) is 0 Å². The fourth-order valence-corrected chi connectivity index (χ4v) is 1.81. The van der Waals surface area contributed by atoms with Crippen molar-refractivity contribution in [2.75, 3.05) is 6.54 Å². The maximum absolute atomic E-state index is 11.9. The summed E-state index contributed by atoms with van der Waals surface area (Å²) in [4.78, 5) is 11.9. The molecular formula is C14H19N3O3. The van der Waals surface area contributed by atoms with E-state index in [1.807, 2.05) is 6.92 Å². The van der Waals surface area contributed by atoms with Crippen molar-refractivity contribution in [3.63, 3.8) is 0 Å². The molecule has 3 N–H and O–H groups in total. The van der Waals surface area contributed by atoms with E-state index in [2.05, 4.69) is 15.5 Å². The summed E-state index contributed by atoms with van der Waals surface area (Å²) >= 11 is 0. The van der Waals surface area contributed by atoms with E-state index in [4.69, 9.17) is 4.42 Å². The van der Waals surface area contributed by atoms with Crippen LogP contribution in [-0.2, 0) is 12.0 Å². The largest absolute Gasteiger partial charge is 0.463 e. The second-order valence-corrected chi connectivity index (χ2v) is 5.00. The summed E-state index contributed by atoms with van der Waals surface area (Å²) in [5, 5.41) is 19.7. The van der Waals surface area contributed by atoms with Gasteiger partial charge in [-0.1, -0.05) is 6.92 Å². The Labute approximate surface area is 117 Å². The summed E-state index contributed by atoms with van der Waals surface area (Å²) < 4.78 is 5.38. The van der Waals surface area contributed by atoms with Crippen molar-refractivity contribution >= 4 is 5.91 Å². The zero-order chi connectivity index (χ0) is 14.8. The fraction of sp³-hybridized carbons (Fsp3) is 0.429. The smallest absolute Gasteiger partial charge is 0.271 e. The van der Waals surface area contributed by atoms with E-state index in [0.717, 1.165) is 12.1 Å². The molecule has 2 aromatic rings. The quantitative estimate of drug-likeness (QED) is 0.772. The summed E-state index contributed by atoms with van der Waals surface area (Å²) in [6.07, 6.45) is 0.781. The van der Waals surface area contributed by atoms with Crippen LogP contribution in [0.1, 0.15) is 41.6 Å². The molecule has 0 saturated carbocycles. The number of nitrogens with zero attached hydrogens (tertiary/aromatic N) is 1. The molecule has 2 heterocycles. The summed E-state index contributed by atoms with van der Waals surface area (Å²) in [6.45, 7) is 5.41. The number of aromatic nitrogens is 2. The van der Waals surface area contributed by atoms with Gasteiger partial charge in [-0.05, 0) is 38.5 Å². The predicted octanol–water partition coefficient (Wildman–Crippen LogP) is 1.51. The minimum absolute atomic E-state index is 0.0487. The highest BCUT2D eigenvalue weighted by Crippen LogP contribution is 2.22. The number of aliphatic hydroxyl groups is 1. The number of aromatic amines is 1. The molecule has 0 aliphatic carbocycles. The molecular weight excluding hydrogens is 258 g/mol. The first-order valence-electron chi connectivity index (χ1n) is 6.54. The Morgan fingerprint density at radius 2 is 2.30 bits per heavy atom. The summed E-state index contributed by atoms with van der Waals surface area (Å²) in [6, 6.07) is 5.17. The van der Waals surface area contributed by atoms with Crippen LogP contribution in [0, 0.1) is 6.92 Å². The lowest BCUT2D eigenvalue weighted by Crippen LogP contribution is -2.38. The van der Waals surface area contributed by atoms with Crippen LogP contribution in [0.25, 0.3) is 0 Å². The molecule has 6 nitrogen and oxygen atoms in total. The lowest BCUT2D eigenvalue weighted by Gasteiger charge is -2.20. The minimum atomic E-state index is -1.26. The van der Waals surface area contributed by atoms with E-state index >= 15 is 0 Å². The van der Waals surface area contributed by atoms with Crippen LogP contribution in [0.15, 0.2) is 22.6 Å². The molecule has 6 heteroatoms. The number of H-pyrrole nitrogens is 1. The number of nitrogens with one attached hydrogen (secondary N) is 2. The molecule has 0 fully saturated rings. The predicted molar refractivity (Wildman–Crippen MR) is 73.3 cm³/mol. The number of hydrogen-bond acceptors (Lipinski definition) is 4. The van der Waals surface area contributed by atoms with Gasteiger partial charge in [-0.2, -0.15) is 5.10 Å². The third-order valence-corrected chi connectivity index (χ3v) is 3.11. The third kappa shape index (κ3) is 3.08. The van der Waals surface area contributed by atoms with E-state index in [-0.39, 0.29) is 12.5 Å². The SMILES string of the molecule is CCc1cc(C(=O)NCC(C)(O)c2ccc(C)o2)n[nH]1. The standard InChI is InChI=1S/C14H19N3O3/c1-4-10-7-11(17-16-10)13(18)15-8-14(3,19)12-6-5-9(2)20-12/h5-7,19H,4,8H2,1-3H3,(H,15,18)(H,16,17). The van der Waals surface area contributed by atoms with Crippen LogP contribution in [-0.4, -0.2) is 27.8 Å². The van der Waals surface area contributed by atoms with Gasteiger partial charge in [0, 0.05) is 5.69 Å². The number of furan rings is 1. The Morgan fingerprint density at radius 3 is 2.85 bits per heavy atom. The Kier molecular flexibility index (Phi) is 3.94. The van der Waals surface area contributed by atoms with Crippen molar-refractivity contribution in [2.45, 2.75) is 32.8 Å². The molecule has 2 rings (SSSR count). The van der Waals surface area contributed by atoms with Crippen LogP contribution in [0.3, 0.4) is 0 Å². The number of carbonyl (C=O) groups excluding carboxylic acids is 1. The summed E-state index contributed by atoms with van der Waals surface area (Å²) in [7, 11) is 0. The van der Waals surface area contributed by atoms with E-state index in [9.17, 15) is 9.90 Å². The molecule has 0 spiro atoms. The van der Waals surface area contributed by atoms with Crippen LogP contribution in [0.2, 0.25) is 0 Å². The van der Waals surface area contributed by atoms with Gasteiger partial charge in [0.05, 0.1) is 6.54 Å². The van der Waals surface area contributed by atoms with Gasteiger partial charge >= 0.3 is 0 Å². The molecule has 0 saturated heterocycles. The maximum Gasteiger partial charge on any atom is 0.271 e. The van der Waals surface area contributed by atoms with Crippen molar-refractivity contribution in [2.24, 2.45) is 0 Å². The Hall–Kier alpha value is -2.08. The highest BCUT2D eigenvalue weighted by atomic mass is 16.4. The number of aryl methyl sites for hydroxylation is 2. The van der Waals surface area contributed by atoms with Gasteiger partial charge in [0.25, 0.3) is 5.91 Å². The maximum atomic E-state index is 11.9. The van der Waals surface area contributed by atoms with Crippen molar-refractivity contribution in [1.29, 1.82) is 0 Å². The fourth-order valence-electron chi connectivity index (χ4n) is 1.81. The molecule has 0 aliphatic rings. The van der Waals surface area contributed by atoms with Gasteiger partial charge in [-0.3, -0.25) is 9.89 Å². The second kappa shape index (κ2) is 5.50. The Bertz CT molecular complexity index is 598. The molecule has 0 bridgehead atoms. The molecule has 0 radical (unpaired) electrons. The molecule has 1 amide bonds. The first kappa shape index (κ1) is 14.3. The average molecular weight is 277 g/mol. The zero-order valence-corrected chi connectivity index (χ0v) is 11.9. The van der Waals surface area contributed by atoms with Crippen molar-refractivity contribution in [3.05, 3.63) is 41.1 Å². The normalized spacial score (nSPS) is 14.0. The molecule has 2 aromatic heterocycles. The first-order chi connectivity index (χ1) is 9.42. The van der Waals surface area contributed by atoms with E-state index in [1.54, 1.807) is 32.0 Å². The van der Waals surface area contributed by atoms with Gasteiger partial charge in [0.1, 0.15) is 22.8 Å². The van der Waals surface area contributed by atoms with E-state index in [1.165, 1.54) is 0 Å². The molecule has 0 aliphatic heterocycles. The van der Waals surface area contributed by atoms with Gasteiger partial charge in [0.15, 0.2) is 0 Å². The average Bonchev–Trinajstić information content (AvgIpc) is 3.04. The molecule has 20 heavy (non-hydrogen) atoms. The number of rotatable bonds is 5. The van der Waals surface area contributed by atoms with Crippen molar-refractivity contribution in [1.82, 2.24) is 15.5 Å². The van der Waals surface area contributed by atoms with Crippen LogP contribution >= 0.6 is 0 Å².